The Morgan fingerprint density at radius 3 is 1.90 bits per heavy atom. The van der Waals surface area contributed by atoms with E-state index in [1.165, 1.54) is 6.92 Å². The summed E-state index contributed by atoms with van der Waals surface area (Å²) in [4.78, 5) is 24.8. The highest BCUT2D eigenvalue weighted by molar-refractivity contribution is 6.04. The first-order valence-corrected chi connectivity index (χ1v) is 7.59. The van der Waals surface area contributed by atoms with Gasteiger partial charge in [0.25, 0.3) is 0 Å². The van der Waals surface area contributed by atoms with Gasteiger partial charge in [0.05, 0.1) is 5.92 Å². The van der Waals surface area contributed by atoms with E-state index < -0.39 is 5.92 Å². The van der Waals surface area contributed by atoms with Crippen LogP contribution >= 0.6 is 0 Å². The SMILES string of the molecule is CCC(CC)(CC)C(=O)C(Cc1ccccc1)C(C)=O. The second kappa shape index (κ2) is 7.37. The number of carbonyl (C=O) groups excluding carboxylic acids is 2. The minimum Gasteiger partial charge on any atom is -0.299 e. The summed E-state index contributed by atoms with van der Waals surface area (Å²) in [5.74, 6) is -0.391. The lowest BCUT2D eigenvalue weighted by Crippen LogP contribution is -2.38. The molecule has 1 unspecified atom stereocenters. The fourth-order valence-electron chi connectivity index (χ4n) is 2.91. The monoisotopic (exact) mass is 274 g/mol. The number of ketones is 2. The zero-order chi connectivity index (χ0) is 15.2. The molecule has 110 valence electrons. The molecular weight excluding hydrogens is 248 g/mol. The lowest BCUT2D eigenvalue weighted by atomic mass is 9.70. The van der Waals surface area contributed by atoms with Gasteiger partial charge in [0.15, 0.2) is 0 Å². The van der Waals surface area contributed by atoms with E-state index in [0.29, 0.717) is 6.42 Å². The minimum absolute atomic E-state index is 0.0152. The molecule has 0 spiro atoms. The van der Waals surface area contributed by atoms with Crippen LogP contribution in [-0.2, 0) is 16.0 Å². The fraction of sp³-hybridized carbons (Fsp3) is 0.556. The first-order chi connectivity index (χ1) is 9.50. The molecule has 0 heterocycles. The summed E-state index contributed by atoms with van der Waals surface area (Å²) >= 11 is 0. The van der Waals surface area contributed by atoms with Crippen molar-refractivity contribution in [1.29, 1.82) is 0 Å². The molecular formula is C18H26O2. The number of benzene rings is 1. The van der Waals surface area contributed by atoms with Gasteiger partial charge in [0.2, 0.25) is 0 Å². The number of Topliss-reactive ketones (excluding diaryl/α,β-unsaturated/α-hetero) is 2. The van der Waals surface area contributed by atoms with Gasteiger partial charge in [-0.15, -0.1) is 0 Å². The zero-order valence-electron chi connectivity index (χ0n) is 13.1. The van der Waals surface area contributed by atoms with Gasteiger partial charge in [-0.3, -0.25) is 9.59 Å². The van der Waals surface area contributed by atoms with Crippen LogP contribution in [0.3, 0.4) is 0 Å². The van der Waals surface area contributed by atoms with Gasteiger partial charge < -0.3 is 0 Å². The molecule has 2 heteroatoms. The van der Waals surface area contributed by atoms with Crippen LogP contribution in [0.4, 0.5) is 0 Å². The first-order valence-electron chi connectivity index (χ1n) is 7.59. The molecule has 1 aromatic carbocycles. The summed E-state index contributed by atoms with van der Waals surface area (Å²) in [7, 11) is 0. The highest BCUT2D eigenvalue weighted by Gasteiger charge is 2.39. The minimum atomic E-state index is -0.503. The Labute approximate surface area is 122 Å². The lowest BCUT2D eigenvalue weighted by Gasteiger charge is -2.32. The normalized spacial score (nSPS) is 13.0. The third-order valence-corrected chi connectivity index (χ3v) is 4.64. The molecule has 2 nitrogen and oxygen atoms in total. The molecule has 0 aliphatic heterocycles. The highest BCUT2D eigenvalue weighted by atomic mass is 16.2. The van der Waals surface area contributed by atoms with E-state index in [2.05, 4.69) is 0 Å². The van der Waals surface area contributed by atoms with Gasteiger partial charge in [-0.05, 0) is 38.2 Å². The third kappa shape index (κ3) is 3.56. The van der Waals surface area contributed by atoms with E-state index in [0.717, 1.165) is 24.8 Å². The van der Waals surface area contributed by atoms with E-state index in [9.17, 15) is 9.59 Å². The summed E-state index contributed by atoms with van der Waals surface area (Å²) in [6, 6.07) is 9.80. The van der Waals surface area contributed by atoms with Gasteiger partial charge in [-0.1, -0.05) is 51.1 Å². The Morgan fingerprint density at radius 1 is 1.00 bits per heavy atom. The Kier molecular flexibility index (Phi) is 6.12. The molecule has 0 saturated heterocycles. The Bertz CT molecular complexity index is 435. The van der Waals surface area contributed by atoms with E-state index in [1.807, 2.05) is 51.1 Å². The summed E-state index contributed by atoms with van der Waals surface area (Å²) in [5, 5.41) is 0. The maximum Gasteiger partial charge on any atom is 0.149 e. The fourth-order valence-corrected chi connectivity index (χ4v) is 2.91. The zero-order valence-corrected chi connectivity index (χ0v) is 13.1. The van der Waals surface area contributed by atoms with E-state index >= 15 is 0 Å². The smallest absolute Gasteiger partial charge is 0.149 e. The highest BCUT2D eigenvalue weighted by Crippen LogP contribution is 2.35. The molecule has 0 aromatic heterocycles. The first kappa shape index (κ1) is 16.6. The average molecular weight is 274 g/mol. The molecule has 0 N–H and O–H groups in total. The summed E-state index contributed by atoms with van der Waals surface area (Å²) in [6.45, 7) is 7.68. The van der Waals surface area contributed by atoms with Crippen molar-refractivity contribution in [3.8, 4) is 0 Å². The predicted octanol–water partition coefficient (Wildman–Crippen LogP) is 4.22. The Balaban J connectivity index is 3.02. The second-order valence-corrected chi connectivity index (χ2v) is 5.56. The van der Waals surface area contributed by atoms with E-state index in [4.69, 9.17) is 0 Å². The van der Waals surface area contributed by atoms with Gasteiger partial charge in [0.1, 0.15) is 11.6 Å². The van der Waals surface area contributed by atoms with Crippen LogP contribution in [0.2, 0.25) is 0 Å². The van der Waals surface area contributed by atoms with Crippen LogP contribution in [0.25, 0.3) is 0 Å². The number of carbonyl (C=O) groups is 2. The quantitative estimate of drug-likeness (QED) is 0.665. The topological polar surface area (TPSA) is 34.1 Å². The molecule has 1 aromatic rings. The summed E-state index contributed by atoms with van der Waals surface area (Å²) in [6.07, 6.45) is 2.93. The molecule has 0 saturated carbocycles. The number of hydrogen-bond donors (Lipinski definition) is 0. The van der Waals surface area contributed by atoms with Gasteiger partial charge in [-0.2, -0.15) is 0 Å². The van der Waals surface area contributed by atoms with Crippen LogP contribution in [-0.4, -0.2) is 11.6 Å². The van der Waals surface area contributed by atoms with Crippen molar-refractivity contribution in [2.75, 3.05) is 0 Å². The summed E-state index contributed by atoms with van der Waals surface area (Å²) < 4.78 is 0. The van der Waals surface area contributed by atoms with Crippen LogP contribution < -0.4 is 0 Å². The maximum absolute atomic E-state index is 12.9. The molecule has 0 radical (unpaired) electrons. The van der Waals surface area contributed by atoms with Crippen molar-refractivity contribution < 1.29 is 9.59 Å². The molecule has 20 heavy (non-hydrogen) atoms. The van der Waals surface area contributed by atoms with Crippen molar-refractivity contribution in [3.63, 3.8) is 0 Å². The van der Waals surface area contributed by atoms with Crippen molar-refractivity contribution >= 4 is 11.6 Å². The lowest BCUT2D eigenvalue weighted by molar-refractivity contribution is -0.139. The average Bonchev–Trinajstić information content (AvgIpc) is 2.47. The van der Waals surface area contributed by atoms with E-state index in [-0.39, 0.29) is 17.0 Å². The van der Waals surface area contributed by atoms with Crippen LogP contribution in [0.15, 0.2) is 30.3 Å². The molecule has 0 bridgehead atoms. The predicted molar refractivity (Wildman–Crippen MR) is 82.6 cm³/mol. The van der Waals surface area contributed by atoms with Crippen molar-refractivity contribution in [1.82, 2.24) is 0 Å². The second-order valence-electron chi connectivity index (χ2n) is 5.56. The number of rotatable bonds is 8. The van der Waals surface area contributed by atoms with Gasteiger partial charge in [-0.25, -0.2) is 0 Å². The maximum atomic E-state index is 12.9. The van der Waals surface area contributed by atoms with Crippen molar-refractivity contribution in [2.45, 2.75) is 53.4 Å². The number of hydrogen-bond acceptors (Lipinski definition) is 2. The van der Waals surface area contributed by atoms with Crippen molar-refractivity contribution in [3.05, 3.63) is 35.9 Å². The van der Waals surface area contributed by atoms with E-state index in [1.54, 1.807) is 0 Å². The third-order valence-electron chi connectivity index (χ3n) is 4.64. The van der Waals surface area contributed by atoms with Crippen LogP contribution in [0.1, 0.15) is 52.5 Å². The molecule has 0 aliphatic rings. The van der Waals surface area contributed by atoms with Gasteiger partial charge in [0, 0.05) is 5.41 Å². The summed E-state index contributed by atoms with van der Waals surface area (Å²) in [5.41, 5.74) is 0.712. The Hall–Kier alpha value is -1.44. The van der Waals surface area contributed by atoms with Crippen LogP contribution in [0.5, 0.6) is 0 Å². The molecule has 1 rings (SSSR count). The Morgan fingerprint density at radius 2 is 1.50 bits per heavy atom. The molecule has 0 amide bonds. The van der Waals surface area contributed by atoms with Crippen molar-refractivity contribution in [2.24, 2.45) is 11.3 Å². The molecule has 0 aliphatic carbocycles. The van der Waals surface area contributed by atoms with Gasteiger partial charge >= 0.3 is 0 Å². The molecule has 1 atom stereocenters. The van der Waals surface area contributed by atoms with Crippen LogP contribution in [0, 0.1) is 11.3 Å². The molecule has 0 fully saturated rings. The standard InChI is InChI=1S/C18H26O2/c1-5-18(6-2,7-3)17(20)16(14(4)19)13-15-11-9-8-10-12-15/h8-12,16H,5-7,13H2,1-4H3. The largest absolute Gasteiger partial charge is 0.299 e.